The molecule has 0 radical (unpaired) electrons. The quantitative estimate of drug-likeness (QED) is 0.863. The van der Waals surface area contributed by atoms with Crippen molar-refractivity contribution in [1.82, 2.24) is 20.0 Å². The van der Waals surface area contributed by atoms with Gasteiger partial charge < -0.3 is 10.2 Å². The fourth-order valence-electron chi connectivity index (χ4n) is 2.24. The van der Waals surface area contributed by atoms with E-state index in [9.17, 15) is 0 Å². The van der Waals surface area contributed by atoms with Gasteiger partial charge in [0.1, 0.15) is 0 Å². The highest BCUT2D eigenvalue weighted by Crippen LogP contribution is 2.31. The molecule has 6 heteroatoms. The smallest absolute Gasteiger partial charge is 0.0768 e. The van der Waals surface area contributed by atoms with Crippen LogP contribution in [0.1, 0.15) is 22.9 Å². The number of hydrogen-bond acceptors (Lipinski definition) is 4. The third-order valence-corrected chi connectivity index (χ3v) is 4.85. The molecule has 0 saturated heterocycles. The number of nitrogens with zero attached hydrogens (tertiary/aromatic N) is 3. The van der Waals surface area contributed by atoms with Gasteiger partial charge in [-0.1, -0.05) is 0 Å². The maximum absolute atomic E-state index is 4.50. The summed E-state index contributed by atoms with van der Waals surface area (Å²) in [7, 11) is 6.16. The summed E-state index contributed by atoms with van der Waals surface area (Å²) in [6.07, 6.45) is 1.89. The molecule has 2 rings (SSSR count). The minimum Gasteiger partial charge on any atom is -0.308 e. The summed E-state index contributed by atoms with van der Waals surface area (Å²) in [6, 6.07) is 0.167. The first kappa shape index (κ1) is 15.7. The predicted molar refractivity (Wildman–Crippen MR) is 88.4 cm³/mol. The van der Waals surface area contributed by atoms with Crippen molar-refractivity contribution in [3.63, 3.8) is 0 Å². The van der Waals surface area contributed by atoms with Crippen molar-refractivity contribution < 1.29 is 0 Å². The third-order valence-electron chi connectivity index (χ3n) is 3.36. The fraction of sp³-hybridized carbons (Fsp3) is 0.500. The average Bonchev–Trinajstić information content (AvgIpc) is 2.97. The van der Waals surface area contributed by atoms with Gasteiger partial charge in [0.2, 0.25) is 0 Å². The number of aromatic nitrogens is 2. The van der Waals surface area contributed by atoms with E-state index < -0.39 is 0 Å². The molecule has 20 heavy (non-hydrogen) atoms. The lowest BCUT2D eigenvalue weighted by atomic mass is 10.0. The Morgan fingerprint density at radius 2 is 2.20 bits per heavy atom. The van der Waals surface area contributed by atoms with Crippen molar-refractivity contribution in [3.05, 3.63) is 38.3 Å². The second-order valence-electron chi connectivity index (χ2n) is 5.14. The lowest BCUT2D eigenvalue weighted by Crippen LogP contribution is -2.25. The molecule has 0 aliphatic rings. The van der Waals surface area contributed by atoms with Crippen molar-refractivity contribution in [2.45, 2.75) is 19.5 Å². The molecule has 1 atom stereocenters. The maximum Gasteiger partial charge on any atom is 0.0768 e. The van der Waals surface area contributed by atoms with Gasteiger partial charge in [-0.25, -0.2) is 0 Å². The first-order chi connectivity index (χ1) is 9.54. The topological polar surface area (TPSA) is 33.1 Å². The van der Waals surface area contributed by atoms with Crippen LogP contribution in [0.15, 0.2) is 21.4 Å². The van der Waals surface area contributed by atoms with E-state index in [0.29, 0.717) is 0 Å². The number of halogens is 1. The second kappa shape index (κ2) is 6.85. The summed E-state index contributed by atoms with van der Waals surface area (Å²) in [4.78, 5) is 2.17. The predicted octanol–water partition coefficient (Wildman–Crippen LogP) is 2.89. The minimum atomic E-state index is 0.167. The van der Waals surface area contributed by atoms with E-state index in [1.807, 2.05) is 13.2 Å². The number of rotatable bonds is 6. The molecule has 2 heterocycles. The minimum absolute atomic E-state index is 0.167. The Labute approximate surface area is 132 Å². The zero-order valence-electron chi connectivity index (χ0n) is 12.4. The molecular weight excluding hydrogens is 336 g/mol. The number of thiophene rings is 1. The van der Waals surface area contributed by atoms with Gasteiger partial charge >= 0.3 is 0 Å². The Kier molecular flexibility index (Phi) is 5.37. The molecule has 0 saturated carbocycles. The molecule has 0 spiro atoms. The molecule has 0 fully saturated rings. The van der Waals surface area contributed by atoms with Crippen molar-refractivity contribution in [2.75, 3.05) is 27.7 Å². The van der Waals surface area contributed by atoms with Gasteiger partial charge in [0.05, 0.1) is 29.0 Å². The lowest BCUT2D eigenvalue weighted by Gasteiger charge is -2.20. The van der Waals surface area contributed by atoms with Crippen LogP contribution in [0, 0.1) is 6.92 Å². The summed E-state index contributed by atoms with van der Waals surface area (Å²) < 4.78 is 3.14. The normalized spacial score (nSPS) is 13.1. The Morgan fingerprint density at radius 1 is 1.45 bits per heavy atom. The standard InChI is InChI=1S/C14H21BrN4S/c1-10-8-20-9-11(10)13(16-2)14-12(15)7-17-19(14)6-5-18(3)4/h7-9,13,16H,5-6H2,1-4H3. The van der Waals surface area contributed by atoms with Crippen molar-refractivity contribution in [2.24, 2.45) is 0 Å². The van der Waals surface area contributed by atoms with Gasteiger partial charge in [0.25, 0.3) is 0 Å². The van der Waals surface area contributed by atoms with E-state index in [0.717, 1.165) is 17.6 Å². The Hall–Kier alpha value is -0.690. The molecule has 0 aliphatic carbocycles. The molecule has 0 aliphatic heterocycles. The van der Waals surface area contributed by atoms with Crippen LogP contribution < -0.4 is 5.32 Å². The van der Waals surface area contributed by atoms with Gasteiger partial charge in [0, 0.05) is 6.54 Å². The first-order valence-corrected chi connectivity index (χ1v) is 8.34. The summed E-state index contributed by atoms with van der Waals surface area (Å²) in [5.41, 5.74) is 3.84. The monoisotopic (exact) mass is 356 g/mol. The summed E-state index contributed by atoms with van der Waals surface area (Å²) >= 11 is 5.39. The SMILES string of the molecule is CNC(c1cscc1C)c1c(Br)cnn1CCN(C)C. The van der Waals surface area contributed by atoms with Crippen LogP contribution in [-0.2, 0) is 6.54 Å². The number of hydrogen-bond donors (Lipinski definition) is 1. The zero-order valence-corrected chi connectivity index (χ0v) is 14.8. The van der Waals surface area contributed by atoms with Crippen LogP contribution in [0.5, 0.6) is 0 Å². The molecule has 1 unspecified atom stereocenters. The van der Waals surface area contributed by atoms with Crippen molar-refractivity contribution >= 4 is 27.3 Å². The average molecular weight is 357 g/mol. The molecule has 0 bridgehead atoms. The van der Waals surface area contributed by atoms with E-state index in [1.165, 1.54) is 16.8 Å². The van der Waals surface area contributed by atoms with E-state index in [2.05, 4.69) is 67.7 Å². The second-order valence-corrected chi connectivity index (χ2v) is 6.73. The van der Waals surface area contributed by atoms with Gasteiger partial charge in [-0.05, 0) is 65.9 Å². The molecule has 0 amide bonds. The number of likely N-dealkylation sites (N-methyl/N-ethyl adjacent to an activating group) is 1. The summed E-state index contributed by atoms with van der Waals surface area (Å²) in [5, 5.41) is 12.3. The highest BCUT2D eigenvalue weighted by atomic mass is 79.9. The molecular formula is C14H21BrN4S. The van der Waals surface area contributed by atoms with Crippen LogP contribution in [-0.4, -0.2) is 42.4 Å². The van der Waals surface area contributed by atoms with Gasteiger partial charge in [-0.3, -0.25) is 4.68 Å². The van der Waals surface area contributed by atoms with E-state index in [-0.39, 0.29) is 6.04 Å². The highest BCUT2D eigenvalue weighted by Gasteiger charge is 2.22. The third kappa shape index (κ3) is 3.31. The molecule has 1 N–H and O–H groups in total. The highest BCUT2D eigenvalue weighted by molar-refractivity contribution is 9.10. The Bertz CT molecular complexity index is 561. The first-order valence-electron chi connectivity index (χ1n) is 6.60. The van der Waals surface area contributed by atoms with E-state index in [4.69, 9.17) is 0 Å². The van der Waals surface area contributed by atoms with E-state index in [1.54, 1.807) is 11.3 Å². The molecule has 4 nitrogen and oxygen atoms in total. The fourth-order valence-corrected chi connectivity index (χ4v) is 3.64. The molecule has 2 aromatic heterocycles. The van der Waals surface area contributed by atoms with Gasteiger partial charge in [-0.2, -0.15) is 16.4 Å². The van der Waals surface area contributed by atoms with Crippen molar-refractivity contribution in [3.8, 4) is 0 Å². The van der Waals surface area contributed by atoms with Crippen molar-refractivity contribution in [1.29, 1.82) is 0 Å². The van der Waals surface area contributed by atoms with Crippen LogP contribution in [0.25, 0.3) is 0 Å². The zero-order chi connectivity index (χ0) is 14.7. The summed E-state index contributed by atoms with van der Waals surface area (Å²) in [6.45, 7) is 4.01. The van der Waals surface area contributed by atoms with Crippen LogP contribution in [0.4, 0.5) is 0 Å². The maximum atomic E-state index is 4.50. The molecule has 2 aromatic rings. The largest absolute Gasteiger partial charge is 0.308 e. The van der Waals surface area contributed by atoms with Gasteiger partial charge in [0.15, 0.2) is 0 Å². The number of nitrogens with one attached hydrogen (secondary N) is 1. The Balaban J connectivity index is 2.34. The van der Waals surface area contributed by atoms with Crippen LogP contribution in [0.2, 0.25) is 0 Å². The molecule has 0 aromatic carbocycles. The Morgan fingerprint density at radius 3 is 2.75 bits per heavy atom. The summed E-state index contributed by atoms with van der Waals surface area (Å²) in [5.74, 6) is 0. The molecule has 110 valence electrons. The van der Waals surface area contributed by atoms with Crippen LogP contribution >= 0.6 is 27.3 Å². The van der Waals surface area contributed by atoms with Crippen LogP contribution in [0.3, 0.4) is 0 Å². The van der Waals surface area contributed by atoms with Gasteiger partial charge in [-0.15, -0.1) is 0 Å². The lowest BCUT2D eigenvalue weighted by molar-refractivity contribution is 0.366. The van der Waals surface area contributed by atoms with E-state index >= 15 is 0 Å². The number of aryl methyl sites for hydroxylation is 1.